The van der Waals surface area contributed by atoms with E-state index in [-0.39, 0.29) is 12.5 Å². The van der Waals surface area contributed by atoms with Gasteiger partial charge in [-0.15, -0.1) is 0 Å². The van der Waals surface area contributed by atoms with Crippen molar-refractivity contribution in [1.82, 2.24) is 9.80 Å². The summed E-state index contributed by atoms with van der Waals surface area (Å²) in [7, 11) is 0. The molecule has 0 bridgehead atoms. The molecule has 1 amide bonds. The smallest absolute Gasteiger partial charge is 0.236 e. The van der Waals surface area contributed by atoms with Gasteiger partial charge in [-0.25, -0.2) is 0 Å². The van der Waals surface area contributed by atoms with Crippen molar-refractivity contribution in [2.45, 2.75) is 43.8 Å². The van der Waals surface area contributed by atoms with Crippen LogP contribution in [-0.2, 0) is 4.79 Å². The molecule has 0 saturated carbocycles. The average Bonchev–Trinajstić information content (AvgIpc) is 2.59. The number of carbonyl (C=O) groups is 1. The average molecular weight is 332 g/mol. The molecule has 2 aliphatic heterocycles. The van der Waals surface area contributed by atoms with Crippen LogP contribution < -0.4 is 0 Å². The summed E-state index contributed by atoms with van der Waals surface area (Å²) in [5, 5.41) is 20.0. The third kappa shape index (κ3) is 3.97. The van der Waals surface area contributed by atoms with Gasteiger partial charge in [0, 0.05) is 13.1 Å². The lowest BCUT2D eigenvalue weighted by Crippen LogP contribution is -2.56. The van der Waals surface area contributed by atoms with Crippen LogP contribution in [0.2, 0.25) is 0 Å². The molecule has 2 atom stereocenters. The van der Waals surface area contributed by atoms with Crippen molar-refractivity contribution in [3.8, 4) is 0 Å². The third-order valence-electron chi connectivity index (χ3n) is 5.57. The number of carbonyl (C=O) groups excluding carboxylic acids is 1. The van der Waals surface area contributed by atoms with E-state index in [1.165, 1.54) is 5.56 Å². The molecule has 2 saturated heterocycles. The fourth-order valence-corrected chi connectivity index (χ4v) is 3.69. The maximum atomic E-state index is 12.5. The molecule has 5 nitrogen and oxygen atoms in total. The highest BCUT2D eigenvalue weighted by Crippen LogP contribution is 2.28. The van der Waals surface area contributed by atoms with E-state index in [9.17, 15) is 15.0 Å². The molecule has 2 N–H and O–H groups in total. The molecule has 132 valence electrons. The summed E-state index contributed by atoms with van der Waals surface area (Å²) in [6.45, 7) is 4.65. The zero-order valence-electron chi connectivity index (χ0n) is 14.4. The zero-order valence-corrected chi connectivity index (χ0v) is 14.4. The Morgan fingerprint density at radius 2 is 1.88 bits per heavy atom. The van der Waals surface area contributed by atoms with Gasteiger partial charge in [0.05, 0.1) is 18.2 Å². The van der Waals surface area contributed by atoms with E-state index in [0.717, 1.165) is 25.9 Å². The van der Waals surface area contributed by atoms with Gasteiger partial charge in [0.1, 0.15) is 0 Å². The molecule has 1 aromatic carbocycles. The van der Waals surface area contributed by atoms with Gasteiger partial charge < -0.3 is 15.1 Å². The first-order valence-corrected chi connectivity index (χ1v) is 8.91. The summed E-state index contributed by atoms with van der Waals surface area (Å²) in [5.74, 6) is 0.646. The number of nitrogens with zero attached hydrogens (tertiary/aromatic N) is 2. The topological polar surface area (TPSA) is 64.0 Å². The standard InChI is InChI=1S/C19H28N2O3/c1-19(24)9-12-21(13-17(19)22)18(23)14-20-10-7-16(8-11-20)15-5-3-2-4-6-15/h2-6,16-17,22,24H,7-14H2,1H3/t17-,19+/m0/s1. The number of amides is 1. The van der Waals surface area contributed by atoms with Gasteiger partial charge in [0.15, 0.2) is 0 Å². The lowest BCUT2D eigenvalue weighted by atomic mass is 9.89. The number of aliphatic hydroxyl groups excluding tert-OH is 1. The minimum atomic E-state index is -1.08. The maximum absolute atomic E-state index is 12.5. The number of hydrogen-bond donors (Lipinski definition) is 2. The van der Waals surface area contributed by atoms with Gasteiger partial charge in [-0.3, -0.25) is 9.69 Å². The Morgan fingerprint density at radius 1 is 1.21 bits per heavy atom. The highest BCUT2D eigenvalue weighted by atomic mass is 16.3. The van der Waals surface area contributed by atoms with Crippen LogP contribution in [0.5, 0.6) is 0 Å². The third-order valence-corrected chi connectivity index (χ3v) is 5.57. The number of aliphatic hydroxyl groups is 2. The molecular formula is C19H28N2O3. The van der Waals surface area contributed by atoms with Crippen LogP contribution >= 0.6 is 0 Å². The quantitative estimate of drug-likeness (QED) is 0.873. The van der Waals surface area contributed by atoms with Crippen molar-refractivity contribution >= 4 is 5.91 Å². The van der Waals surface area contributed by atoms with Crippen LogP contribution in [0.3, 0.4) is 0 Å². The predicted octanol–water partition coefficient (Wildman–Crippen LogP) is 1.21. The minimum Gasteiger partial charge on any atom is -0.388 e. The monoisotopic (exact) mass is 332 g/mol. The number of benzene rings is 1. The molecule has 24 heavy (non-hydrogen) atoms. The summed E-state index contributed by atoms with van der Waals surface area (Å²) in [5.41, 5.74) is 0.315. The van der Waals surface area contributed by atoms with Crippen LogP contribution in [0.4, 0.5) is 0 Å². The second-order valence-electron chi connectivity index (χ2n) is 7.42. The first-order chi connectivity index (χ1) is 11.5. The van der Waals surface area contributed by atoms with E-state index < -0.39 is 11.7 Å². The fourth-order valence-electron chi connectivity index (χ4n) is 3.69. The number of rotatable bonds is 3. The molecule has 5 heteroatoms. The first kappa shape index (κ1) is 17.4. The molecule has 2 fully saturated rings. The van der Waals surface area contributed by atoms with E-state index in [4.69, 9.17) is 0 Å². The highest BCUT2D eigenvalue weighted by molar-refractivity contribution is 5.78. The molecule has 0 spiro atoms. The second-order valence-corrected chi connectivity index (χ2v) is 7.42. The Morgan fingerprint density at radius 3 is 2.50 bits per heavy atom. The van der Waals surface area contributed by atoms with Gasteiger partial charge in [-0.2, -0.15) is 0 Å². The second kappa shape index (κ2) is 7.21. The largest absolute Gasteiger partial charge is 0.388 e. The number of piperidine rings is 2. The highest BCUT2D eigenvalue weighted by Gasteiger charge is 2.38. The summed E-state index contributed by atoms with van der Waals surface area (Å²) in [4.78, 5) is 16.4. The van der Waals surface area contributed by atoms with E-state index in [0.29, 0.717) is 25.4 Å². The molecule has 0 unspecified atom stereocenters. The van der Waals surface area contributed by atoms with Gasteiger partial charge in [-0.1, -0.05) is 30.3 Å². The van der Waals surface area contributed by atoms with Crippen LogP contribution in [-0.4, -0.2) is 70.3 Å². The summed E-state index contributed by atoms with van der Waals surface area (Å²) < 4.78 is 0. The summed E-state index contributed by atoms with van der Waals surface area (Å²) in [6, 6.07) is 10.6. The summed E-state index contributed by atoms with van der Waals surface area (Å²) in [6.07, 6.45) is 1.72. The van der Waals surface area contributed by atoms with E-state index in [2.05, 4.69) is 29.2 Å². The van der Waals surface area contributed by atoms with E-state index in [1.54, 1.807) is 11.8 Å². The molecule has 2 heterocycles. The molecule has 3 rings (SSSR count). The van der Waals surface area contributed by atoms with Gasteiger partial charge >= 0.3 is 0 Å². The number of β-amino-alcohol motifs (C(OH)–C–C–N with tert-alkyl or cyclic N) is 1. The van der Waals surface area contributed by atoms with Crippen LogP contribution in [0.1, 0.15) is 37.7 Å². The van der Waals surface area contributed by atoms with Crippen molar-refractivity contribution < 1.29 is 15.0 Å². The van der Waals surface area contributed by atoms with Gasteiger partial charge in [0.25, 0.3) is 0 Å². The zero-order chi connectivity index (χ0) is 17.2. The normalized spacial score (nSPS) is 29.6. The molecule has 0 radical (unpaired) electrons. The Hall–Kier alpha value is -1.43. The Balaban J connectivity index is 1.47. The van der Waals surface area contributed by atoms with Crippen LogP contribution in [0.25, 0.3) is 0 Å². The first-order valence-electron chi connectivity index (χ1n) is 8.91. The number of likely N-dealkylation sites (tertiary alicyclic amines) is 2. The van der Waals surface area contributed by atoms with Crippen molar-refractivity contribution in [3.05, 3.63) is 35.9 Å². The van der Waals surface area contributed by atoms with Crippen molar-refractivity contribution in [3.63, 3.8) is 0 Å². The maximum Gasteiger partial charge on any atom is 0.236 e. The molecule has 0 aromatic heterocycles. The fraction of sp³-hybridized carbons (Fsp3) is 0.632. The van der Waals surface area contributed by atoms with Gasteiger partial charge in [-0.05, 0) is 50.8 Å². The number of hydrogen-bond acceptors (Lipinski definition) is 4. The van der Waals surface area contributed by atoms with E-state index >= 15 is 0 Å². The van der Waals surface area contributed by atoms with Crippen molar-refractivity contribution in [1.29, 1.82) is 0 Å². The molecule has 0 aliphatic carbocycles. The minimum absolute atomic E-state index is 0.0581. The molecule has 1 aromatic rings. The summed E-state index contributed by atoms with van der Waals surface area (Å²) >= 11 is 0. The van der Waals surface area contributed by atoms with Crippen molar-refractivity contribution in [2.75, 3.05) is 32.7 Å². The Bertz CT molecular complexity index is 553. The SMILES string of the molecule is C[C@@]1(O)CCN(C(=O)CN2CCC(c3ccccc3)CC2)C[C@@H]1O. The molecule has 2 aliphatic rings. The van der Waals surface area contributed by atoms with Crippen molar-refractivity contribution in [2.24, 2.45) is 0 Å². The molecular weight excluding hydrogens is 304 g/mol. The predicted molar refractivity (Wildman–Crippen MR) is 92.7 cm³/mol. The van der Waals surface area contributed by atoms with Crippen LogP contribution in [0.15, 0.2) is 30.3 Å². The van der Waals surface area contributed by atoms with E-state index in [1.807, 2.05) is 6.07 Å². The lowest BCUT2D eigenvalue weighted by Gasteiger charge is -2.41. The lowest BCUT2D eigenvalue weighted by molar-refractivity contribution is -0.147. The van der Waals surface area contributed by atoms with Crippen LogP contribution in [0, 0.1) is 0 Å². The van der Waals surface area contributed by atoms with Gasteiger partial charge in [0.2, 0.25) is 5.91 Å². The Kier molecular flexibility index (Phi) is 5.23. The Labute approximate surface area is 143 Å².